The number of carbonyl (C=O) groups is 1. The largest absolute Gasteiger partial charge is 0.463 e. The number of nitrogens with one attached hydrogen (secondary N) is 1. The van der Waals surface area contributed by atoms with Crippen LogP contribution in [0.25, 0.3) is 0 Å². The number of hydrogen-bond acceptors (Lipinski definition) is 10. The SMILES string of the molecule is C#C[C@@]1(O)[C@H](O)[C@@H](COP(=O)(CCC(=O)OC(C)C)Oc2ccc(Cl)cc2)O[C@H]1n1ccc(=O)[nH]c1=O. The van der Waals surface area contributed by atoms with Gasteiger partial charge in [0.25, 0.3) is 5.56 Å². The highest BCUT2D eigenvalue weighted by Crippen LogP contribution is 2.50. The van der Waals surface area contributed by atoms with E-state index in [0.29, 0.717) is 5.02 Å². The van der Waals surface area contributed by atoms with Gasteiger partial charge in [-0.15, -0.1) is 6.42 Å². The maximum Gasteiger partial charge on any atom is 0.379 e. The molecule has 1 saturated heterocycles. The lowest BCUT2D eigenvalue weighted by atomic mass is 9.95. The lowest BCUT2D eigenvalue weighted by molar-refractivity contribution is -0.146. The first-order valence-corrected chi connectivity index (χ1v) is 13.2. The molecule has 0 saturated carbocycles. The third-order valence-electron chi connectivity index (χ3n) is 5.27. The van der Waals surface area contributed by atoms with E-state index in [1.807, 2.05) is 10.9 Å². The average molecular weight is 557 g/mol. The molecule has 1 aliphatic heterocycles. The summed E-state index contributed by atoms with van der Waals surface area (Å²) in [5, 5.41) is 22.0. The second-order valence-corrected chi connectivity index (χ2v) is 11.0. The van der Waals surface area contributed by atoms with E-state index in [0.717, 1.165) is 16.8 Å². The number of nitrogens with zero attached hydrogens (tertiary/aromatic N) is 1. The number of aliphatic hydroxyl groups excluding tert-OH is 1. The molecule has 14 heteroatoms. The Morgan fingerprint density at radius 2 is 2.00 bits per heavy atom. The zero-order valence-electron chi connectivity index (χ0n) is 19.9. The molecular weight excluding hydrogens is 531 g/mol. The van der Waals surface area contributed by atoms with E-state index in [1.54, 1.807) is 13.8 Å². The zero-order valence-corrected chi connectivity index (χ0v) is 21.6. The molecule has 2 aromatic rings. The number of aliphatic hydroxyl groups is 2. The number of H-pyrrole nitrogens is 1. The fraction of sp³-hybridized carbons (Fsp3) is 0.435. The second kappa shape index (κ2) is 11.6. The quantitative estimate of drug-likeness (QED) is 0.221. The first kappa shape index (κ1) is 28.7. The van der Waals surface area contributed by atoms with Crippen molar-refractivity contribution in [2.24, 2.45) is 0 Å². The number of benzene rings is 1. The summed E-state index contributed by atoms with van der Waals surface area (Å²) in [4.78, 5) is 37.7. The fourth-order valence-corrected chi connectivity index (χ4v) is 5.15. The maximum absolute atomic E-state index is 13.6. The van der Waals surface area contributed by atoms with Crippen LogP contribution < -0.4 is 15.8 Å². The van der Waals surface area contributed by atoms with E-state index in [2.05, 4.69) is 0 Å². The van der Waals surface area contributed by atoms with E-state index in [9.17, 15) is 29.2 Å². The highest BCUT2D eigenvalue weighted by Gasteiger charge is 2.56. The Hall–Kier alpha value is -2.91. The Bertz CT molecular complexity index is 1320. The van der Waals surface area contributed by atoms with Crippen molar-refractivity contribution in [1.29, 1.82) is 0 Å². The summed E-state index contributed by atoms with van der Waals surface area (Å²) in [6.07, 6.45) is 0.618. The fourth-order valence-electron chi connectivity index (χ4n) is 3.48. The molecule has 12 nitrogen and oxygen atoms in total. The number of ether oxygens (including phenoxy) is 2. The molecule has 0 amide bonds. The van der Waals surface area contributed by atoms with Gasteiger partial charge in [0.15, 0.2) is 11.8 Å². The molecule has 0 spiro atoms. The van der Waals surface area contributed by atoms with E-state index < -0.39 is 55.5 Å². The van der Waals surface area contributed by atoms with Gasteiger partial charge in [-0.1, -0.05) is 17.5 Å². The van der Waals surface area contributed by atoms with Gasteiger partial charge in [-0.05, 0) is 38.1 Å². The van der Waals surface area contributed by atoms with Crippen LogP contribution in [0, 0.1) is 12.3 Å². The second-order valence-electron chi connectivity index (χ2n) is 8.42. The van der Waals surface area contributed by atoms with Crippen molar-refractivity contribution in [3.8, 4) is 18.1 Å². The van der Waals surface area contributed by atoms with Crippen LogP contribution in [0.4, 0.5) is 0 Å². The summed E-state index contributed by atoms with van der Waals surface area (Å²) < 4.78 is 36.1. The standard InChI is InChI=1S/C23H26ClN2O10P/c1-4-23(31)20(29)17(35-21(23)26-11-9-18(27)25-22(26)30)13-33-37(32,12-10-19(28)34-14(2)3)36-16-7-5-15(24)6-8-16/h1,5-9,11,14,17,20-21,29,31H,10,12-13H2,2-3H3,(H,25,27,30)/t17-,20-,21-,23-,37?/m1/s1. The van der Waals surface area contributed by atoms with E-state index in [4.69, 9.17) is 36.5 Å². The normalized spacial score (nSPS) is 24.8. The summed E-state index contributed by atoms with van der Waals surface area (Å²) in [6, 6.07) is 6.89. The van der Waals surface area contributed by atoms with Gasteiger partial charge in [0.1, 0.15) is 18.0 Å². The van der Waals surface area contributed by atoms with Gasteiger partial charge in [0.2, 0.25) is 0 Å². The zero-order chi connectivity index (χ0) is 27.4. The summed E-state index contributed by atoms with van der Waals surface area (Å²) in [5.41, 5.74) is -4.04. The number of rotatable bonds is 10. The third-order valence-corrected chi connectivity index (χ3v) is 7.32. The van der Waals surface area contributed by atoms with Gasteiger partial charge < -0.3 is 24.2 Å². The number of carbonyl (C=O) groups excluding carboxylic acids is 1. The van der Waals surface area contributed by atoms with Crippen LogP contribution in [0.15, 0.2) is 46.1 Å². The van der Waals surface area contributed by atoms with Crippen LogP contribution in [-0.4, -0.2) is 62.4 Å². The van der Waals surface area contributed by atoms with Crippen molar-refractivity contribution in [3.63, 3.8) is 0 Å². The minimum absolute atomic E-state index is 0.135. The highest BCUT2D eigenvalue weighted by atomic mass is 35.5. The third kappa shape index (κ3) is 6.90. The lowest BCUT2D eigenvalue weighted by Gasteiger charge is -2.26. The summed E-state index contributed by atoms with van der Waals surface area (Å²) in [6.45, 7) is 2.71. The van der Waals surface area contributed by atoms with Crippen LogP contribution in [0.5, 0.6) is 5.75 Å². The minimum atomic E-state index is -4.08. The summed E-state index contributed by atoms with van der Waals surface area (Å²) >= 11 is 5.88. The molecule has 1 aliphatic rings. The lowest BCUT2D eigenvalue weighted by Crippen LogP contribution is -2.48. The topological polar surface area (TPSA) is 166 Å². The predicted octanol–water partition coefficient (Wildman–Crippen LogP) is 1.44. The Morgan fingerprint density at radius 3 is 2.59 bits per heavy atom. The molecule has 37 heavy (non-hydrogen) atoms. The van der Waals surface area contributed by atoms with Crippen molar-refractivity contribution in [2.45, 2.75) is 50.4 Å². The van der Waals surface area contributed by atoms with Crippen LogP contribution in [0.1, 0.15) is 26.5 Å². The van der Waals surface area contributed by atoms with Crippen molar-refractivity contribution in [3.05, 3.63) is 62.4 Å². The van der Waals surface area contributed by atoms with Gasteiger partial charge in [-0.25, -0.2) is 9.36 Å². The van der Waals surface area contributed by atoms with Gasteiger partial charge in [-0.2, -0.15) is 0 Å². The van der Waals surface area contributed by atoms with Crippen LogP contribution in [0.2, 0.25) is 5.02 Å². The molecule has 0 radical (unpaired) electrons. The first-order chi connectivity index (χ1) is 17.4. The number of terminal acetylenes is 1. The Balaban J connectivity index is 1.81. The minimum Gasteiger partial charge on any atom is -0.463 e. The first-order valence-electron chi connectivity index (χ1n) is 11.1. The van der Waals surface area contributed by atoms with E-state index >= 15 is 0 Å². The number of hydrogen-bond donors (Lipinski definition) is 3. The molecule has 0 bridgehead atoms. The smallest absolute Gasteiger partial charge is 0.379 e. The van der Waals surface area contributed by atoms with Crippen molar-refractivity contribution < 1.29 is 38.1 Å². The van der Waals surface area contributed by atoms with Gasteiger partial charge in [0, 0.05) is 17.3 Å². The molecule has 1 aromatic heterocycles. The molecule has 0 aliphatic carbocycles. The monoisotopic (exact) mass is 556 g/mol. The molecular formula is C23H26ClN2O10P. The number of esters is 1. The number of aromatic nitrogens is 2. The molecule has 1 aromatic carbocycles. The van der Waals surface area contributed by atoms with Crippen molar-refractivity contribution >= 4 is 25.2 Å². The van der Waals surface area contributed by atoms with Crippen LogP contribution in [0.3, 0.4) is 0 Å². The molecule has 1 fully saturated rings. The Morgan fingerprint density at radius 1 is 1.32 bits per heavy atom. The van der Waals surface area contributed by atoms with E-state index in [1.165, 1.54) is 24.3 Å². The van der Waals surface area contributed by atoms with Crippen molar-refractivity contribution in [2.75, 3.05) is 12.8 Å². The van der Waals surface area contributed by atoms with Crippen molar-refractivity contribution in [1.82, 2.24) is 9.55 Å². The Labute approximate surface area is 216 Å². The van der Waals surface area contributed by atoms with Crippen LogP contribution >= 0.6 is 19.2 Å². The molecule has 5 atom stereocenters. The maximum atomic E-state index is 13.6. The predicted molar refractivity (Wildman–Crippen MR) is 131 cm³/mol. The molecule has 3 rings (SSSR count). The molecule has 200 valence electrons. The molecule has 1 unspecified atom stereocenters. The summed E-state index contributed by atoms with van der Waals surface area (Å²) in [7, 11) is -4.08. The Kier molecular flexibility index (Phi) is 9.02. The number of halogens is 1. The van der Waals surface area contributed by atoms with Crippen LogP contribution in [-0.2, 0) is 23.4 Å². The number of aromatic amines is 1. The van der Waals surface area contributed by atoms with Gasteiger partial charge in [-0.3, -0.25) is 23.7 Å². The van der Waals surface area contributed by atoms with Gasteiger partial charge in [0.05, 0.1) is 25.3 Å². The molecule has 2 heterocycles. The molecule has 3 N–H and O–H groups in total. The summed E-state index contributed by atoms with van der Waals surface area (Å²) in [5.74, 6) is 1.52. The average Bonchev–Trinajstić information content (AvgIpc) is 3.08. The highest BCUT2D eigenvalue weighted by molar-refractivity contribution is 7.54. The van der Waals surface area contributed by atoms with Gasteiger partial charge >= 0.3 is 19.3 Å². The van der Waals surface area contributed by atoms with E-state index in [-0.39, 0.29) is 24.4 Å².